The maximum Gasteiger partial charge on any atom is 0.232 e. The van der Waals surface area contributed by atoms with Gasteiger partial charge in [0.05, 0.1) is 20.0 Å². The van der Waals surface area contributed by atoms with Gasteiger partial charge in [0.15, 0.2) is 0 Å². The van der Waals surface area contributed by atoms with Crippen molar-refractivity contribution in [3.8, 4) is 11.5 Å². The van der Waals surface area contributed by atoms with Crippen LogP contribution in [0.3, 0.4) is 0 Å². The van der Waals surface area contributed by atoms with Crippen LogP contribution in [0.5, 0.6) is 11.5 Å². The number of amides is 1. The van der Waals surface area contributed by atoms with Gasteiger partial charge in [0.2, 0.25) is 5.91 Å². The van der Waals surface area contributed by atoms with Crippen molar-refractivity contribution in [3.63, 3.8) is 0 Å². The molecule has 1 aliphatic rings. The van der Waals surface area contributed by atoms with Crippen LogP contribution < -0.4 is 9.47 Å². The Morgan fingerprint density at radius 1 is 1.40 bits per heavy atom. The van der Waals surface area contributed by atoms with Crippen LogP contribution in [0.25, 0.3) is 0 Å². The highest BCUT2D eigenvalue weighted by Crippen LogP contribution is 2.36. The highest BCUT2D eigenvalue weighted by atomic mass is 32.2. The van der Waals surface area contributed by atoms with Crippen LogP contribution in [0.4, 0.5) is 0 Å². The second-order valence-electron chi connectivity index (χ2n) is 4.87. The van der Waals surface area contributed by atoms with Crippen molar-refractivity contribution in [2.45, 2.75) is 12.3 Å². The van der Waals surface area contributed by atoms with Gasteiger partial charge < -0.3 is 14.4 Å². The maximum absolute atomic E-state index is 11.9. The minimum absolute atomic E-state index is 0.224. The second kappa shape index (κ2) is 6.88. The highest BCUT2D eigenvalue weighted by molar-refractivity contribution is 7.99. The fourth-order valence-electron chi connectivity index (χ4n) is 2.61. The molecule has 110 valence electrons. The van der Waals surface area contributed by atoms with Crippen LogP contribution in [0.2, 0.25) is 0 Å². The number of methoxy groups -OCH3 is 2. The van der Waals surface area contributed by atoms with Crippen molar-refractivity contribution >= 4 is 17.7 Å². The first-order chi connectivity index (χ1) is 9.69. The monoisotopic (exact) mass is 295 g/mol. The molecule has 0 spiro atoms. The SMILES string of the molecule is COc1ccc(OC)c([C@@H]2CCN(C(=O)CSC)C2)c1. The van der Waals surface area contributed by atoms with Crippen LogP contribution in [-0.4, -0.2) is 50.1 Å². The fourth-order valence-corrected chi connectivity index (χ4v) is 3.04. The maximum atomic E-state index is 11.9. The van der Waals surface area contributed by atoms with E-state index >= 15 is 0 Å². The van der Waals surface area contributed by atoms with Gasteiger partial charge in [0.1, 0.15) is 11.5 Å². The van der Waals surface area contributed by atoms with E-state index in [4.69, 9.17) is 9.47 Å². The summed E-state index contributed by atoms with van der Waals surface area (Å²) in [5, 5.41) is 0. The summed E-state index contributed by atoms with van der Waals surface area (Å²) in [5.41, 5.74) is 1.13. The van der Waals surface area contributed by atoms with Crippen molar-refractivity contribution in [1.29, 1.82) is 0 Å². The highest BCUT2D eigenvalue weighted by Gasteiger charge is 2.29. The normalized spacial score (nSPS) is 18.1. The zero-order valence-corrected chi connectivity index (χ0v) is 13.0. The summed E-state index contributed by atoms with van der Waals surface area (Å²) in [6.07, 6.45) is 2.93. The molecule has 0 aliphatic carbocycles. The third kappa shape index (κ3) is 3.20. The first kappa shape index (κ1) is 15.0. The summed E-state index contributed by atoms with van der Waals surface area (Å²) in [5.74, 6) is 2.81. The molecule has 1 aliphatic heterocycles. The van der Waals surface area contributed by atoms with Gasteiger partial charge in [-0.2, -0.15) is 11.8 Å². The Balaban J connectivity index is 2.14. The van der Waals surface area contributed by atoms with E-state index in [-0.39, 0.29) is 5.91 Å². The molecule has 1 aromatic rings. The Morgan fingerprint density at radius 3 is 2.85 bits per heavy atom. The predicted molar refractivity (Wildman–Crippen MR) is 81.9 cm³/mol. The van der Waals surface area contributed by atoms with Gasteiger partial charge in [-0.3, -0.25) is 4.79 Å². The molecule has 4 nitrogen and oxygen atoms in total. The van der Waals surface area contributed by atoms with E-state index in [1.807, 2.05) is 29.4 Å². The molecule has 20 heavy (non-hydrogen) atoms. The van der Waals surface area contributed by atoms with Gasteiger partial charge in [-0.05, 0) is 30.9 Å². The van der Waals surface area contributed by atoms with Crippen LogP contribution in [0.15, 0.2) is 18.2 Å². The summed E-state index contributed by atoms with van der Waals surface area (Å²) >= 11 is 1.57. The quantitative estimate of drug-likeness (QED) is 0.836. The third-order valence-electron chi connectivity index (χ3n) is 3.69. The molecule has 0 aromatic heterocycles. The first-order valence-electron chi connectivity index (χ1n) is 6.68. The number of thioether (sulfide) groups is 1. The van der Waals surface area contributed by atoms with E-state index in [0.717, 1.165) is 36.6 Å². The zero-order chi connectivity index (χ0) is 14.5. The molecule has 1 amide bonds. The lowest BCUT2D eigenvalue weighted by atomic mass is 9.97. The lowest BCUT2D eigenvalue weighted by Crippen LogP contribution is -2.29. The minimum atomic E-state index is 0.224. The second-order valence-corrected chi connectivity index (χ2v) is 5.73. The molecule has 0 saturated carbocycles. The topological polar surface area (TPSA) is 38.8 Å². The lowest BCUT2D eigenvalue weighted by Gasteiger charge is -2.18. The van der Waals surface area contributed by atoms with E-state index in [2.05, 4.69) is 0 Å². The van der Waals surface area contributed by atoms with Crippen molar-refractivity contribution < 1.29 is 14.3 Å². The number of benzene rings is 1. The van der Waals surface area contributed by atoms with Crippen molar-refractivity contribution in [3.05, 3.63) is 23.8 Å². The number of carbonyl (C=O) groups is 1. The molecule has 0 N–H and O–H groups in total. The largest absolute Gasteiger partial charge is 0.497 e. The van der Waals surface area contributed by atoms with Gasteiger partial charge in [0, 0.05) is 24.6 Å². The molecule has 1 fully saturated rings. The Kier molecular flexibility index (Phi) is 5.17. The van der Waals surface area contributed by atoms with Gasteiger partial charge in [-0.1, -0.05) is 0 Å². The molecule has 2 rings (SSSR count). The number of carbonyl (C=O) groups excluding carboxylic acids is 1. The number of nitrogens with zero attached hydrogens (tertiary/aromatic N) is 1. The Bertz CT molecular complexity index is 478. The van der Waals surface area contributed by atoms with Crippen molar-refractivity contribution in [2.24, 2.45) is 0 Å². The standard InChI is InChI=1S/C15H21NO3S/c1-18-12-4-5-14(19-2)13(8-12)11-6-7-16(9-11)15(17)10-20-3/h4-5,8,11H,6-7,9-10H2,1-3H3/t11-/m1/s1. The van der Waals surface area contributed by atoms with E-state index in [9.17, 15) is 4.79 Å². The molecule has 0 unspecified atom stereocenters. The molecule has 1 aromatic carbocycles. The smallest absolute Gasteiger partial charge is 0.232 e. The summed E-state index contributed by atoms with van der Waals surface area (Å²) in [7, 11) is 3.34. The number of rotatable bonds is 5. The van der Waals surface area contributed by atoms with Crippen LogP contribution in [0.1, 0.15) is 17.9 Å². The number of ether oxygens (including phenoxy) is 2. The van der Waals surface area contributed by atoms with Crippen LogP contribution in [-0.2, 0) is 4.79 Å². The molecule has 0 radical (unpaired) electrons. The summed E-state index contributed by atoms with van der Waals surface area (Å²) in [4.78, 5) is 13.9. The first-order valence-corrected chi connectivity index (χ1v) is 8.07. The fraction of sp³-hybridized carbons (Fsp3) is 0.533. The Morgan fingerprint density at radius 2 is 2.20 bits per heavy atom. The zero-order valence-electron chi connectivity index (χ0n) is 12.2. The van der Waals surface area contributed by atoms with Gasteiger partial charge in [-0.25, -0.2) is 0 Å². The van der Waals surface area contributed by atoms with Gasteiger partial charge >= 0.3 is 0 Å². The van der Waals surface area contributed by atoms with Crippen molar-refractivity contribution in [2.75, 3.05) is 39.3 Å². The molecule has 1 heterocycles. The molecule has 1 saturated heterocycles. The van der Waals surface area contributed by atoms with Gasteiger partial charge in [-0.15, -0.1) is 0 Å². The van der Waals surface area contributed by atoms with Gasteiger partial charge in [0.25, 0.3) is 0 Å². The Hall–Kier alpha value is -1.36. The molecular weight excluding hydrogens is 274 g/mol. The van der Waals surface area contributed by atoms with Crippen molar-refractivity contribution in [1.82, 2.24) is 4.90 Å². The summed E-state index contributed by atoms with van der Waals surface area (Å²) in [6.45, 7) is 1.59. The summed E-state index contributed by atoms with van der Waals surface area (Å²) in [6, 6.07) is 5.85. The Labute approximate surface area is 124 Å². The average Bonchev–Trinajstić information content (AvgIpc) is 2.96. The summed E-state index contributed by atoms with van der Waals surface area (Å²) < 4.78 is 10.7. The number of likely N-dealkylation sites (tertiary alicyclic amines) is 1. The third-order valence-corrected chi connectivity index (χ3v) is 4.22. The minimum Gasteiger partial charge on any atom is -0.497 e. The van der Waals surface area contributed by atoms with E-state index in [1.165, 1.54) is 0 Å². The van der Waals surface area contributed by atoms with E-state index < -0.39 is 0 Å². The van der Waals surface area contributed by atoms with E-state index in [0.29, 0.717) is 11.7 Å². The number of hydrogen-bond acceptors (Lipinski definition) is 4. The van der Waals surface area contributed by atoms with Crippen LogP contribution >= 0.6 is 11.8 Å². The molecule has 1 atom stereocenters. The number of hydrogen-bond donors (Lipinski definition) is 0. The lowest BCUT2D eigenvalue weighted by molar-refractivity contribution is -0.127. The molecule has 0 bridgehead atoms. The molecular formula is C15H21NO3S. The van der Waals surface area contributed by atoms with E-state index in [1.54, 1.807) is 26.0 Å². The molecule has 5 heteroatoms. The average molecular weight is 295 g/mol. The predicted octanol–water partition coefficient (Wildman–Crippen LogP) is 2.38. The van der Waals surface area contributed by atoms with Crippen LogP contribution in [0, 0.1) is 0 Å².